The van der Waals surface area contributed by atoms with Crippen LogP contribution in [0.15, 0.2) is 24.3 Å². The Balaban J connectivity index is 1.96. The number of hydrogen-bond donors (Lipinski definition) is 0. The van der Waals surface area contributed by atoms with Crippen LogP contribution in [0, 0.1) is 6.92 Å². The molecule has 2 nitrogen and oxygen atoms in total. The molecule has 1 aromatic carbocycles. The van der Waals surface area contributed by atoms with Crippen molar-refractivity contribution >= 4 is 16.8 Å². The summed E-state index contributed by atoms with van der Waals surface area (Å²) in [6.45, 7) is 5.97. The lowest BCUT2D eigenvalue weighted by molar-refractivity contribution is -0.547. The summed E-state index contributed by atoms with van der Waals surface area (Å²) >= 11 is 1.89. The van der Waals surface area contributed by atoms with Crippen molar-refractivity contribution in [3.8, 4) is 0 Å². The highest BCUT2D eigenvalue weighted by Gasteiger charge is 2.17. The van der Waals surface area contributed by atoms with Crippen molar-refractivity contribution < 1.29 is 9.31 Å². The maximum atomic E-state index is 5.41. The van der Waals surface area contributed by atoms with Crippen molar-refractivity contribution in [2.24, 2.45) is 0 Å². The minimum Gasteiger partial charge on any atom is -0.368 e. The van der Waals surface area contributed by atoms with Gasteiger partial charge in [0.1, 0.15) is 13.2 Å². The Labute approximate surface area is 114 Å². The number of morpholine rings is 1. The second-order valence-electron chi connectivity index (χ2n) is 4.68. The second kappa shape index (κ2) is 6.95. The molecule has 0 spiro atoms. The quantitative estimate of drug-likeness (QED) is 0.615. The van der Waals surface area contributed by atoms with Crippen LogP contribution >= 0.6 is 11.8 Å². The van der Waals surface area contributed by atoms with E-state index in [1.807, 2.05) is 11.8 Å². The van der Waals surface area contributed by atoms with Crippen LogP contribution in [-0.4, -0.2) is 42.2 Å². The molecule has 1 aliphatic rings. The molecule has 2 rings (SSSR count). The summed E-state index contributed by atoms with van der Waals surface area (Å²) < 4.78 is 7.88. The van der Waals surface area contributed by atoms with E-state index in [0.717, 1.165) is 39.1 Å². The van der Waals surface area contributed by atoms with Crippen LogP contribution in [0.4, 0.5) is 0 Å². The molecule has 0 atom stereocenters. The Kier molecular flexibility index (Phi) is 5.26. The van der Waals surface area contributed by atoms with Crippen molar-refractivity contribution in [1.82, 2.24) is 0 Å². The maximum absolute atomic E-state index is 5.41. The van der Waals surface area contributed by atoms with Gasteiger partial charge in [-0.05, 0) is 25.2 Å². The Morgan fingerprint density at radius 2 is 1.89 bits per heavy atom. The van der Waals surface area contributed by atoms with Crippen LogP contribution in [0.25, 0.3) is 0 Å². The zero-order valence-corrected chi connectivity index (χ0v) is 12.1. The Morgan fingerprint density at radius 1 is 1.22 bits per heavy atom. The monoisotopic (exact) mass is 264 g/mol. The number of nitrogens with zero attached hydrogens (tertiary/aromatic N) is 1. The van der Waals surface area contributed by atoms with Crippen molar-refractivity contribution in [3.05, 3.63) is 35.4 Å². The van der Waals surface area contributed by atoms with Crippen LogP contribution in [0.5, 0.6) is 0 Å². The SMILES string of the molecule is CSC(CCc1ccc(C)cc1)=[N+]1CCOCC1. The van der Waals surface area contributed by atoms with Crippen LogP contribution in [0.1, 0.15) is 17.5 Å². The Bertz CT molecular complexity index is 403. The molecule has 1 aromatic rings. The minimum absolute atomic E-state index is 0.870. The molecule has 0 aliphatic carbocycles. The molecule has 0 unspecified atom stereocenters. The van der Waals surface area contributed by atoms with Crippen molar-refractivity contribution in [2.45, 2.75) is 19.8 Å². The number of ether oxygens (including phenoxy) is 1. The molecule has 0 radical (unpaired) electrons. The molecule has 0 amide bonds. The fourth-order valence-corrected chi connectivity index (χ4v) is 2.96. The van der Waals surface area contributed by atoms with Gasteiger partial charge >= 0.3 is 0 Å². The highest BCUT2D eigenvalue weighted by atomic mass is 32.2. The van der Waals surface area contributed by atoms with Crippen LogP contribution in [0.2, 0.25) is 0 Å². The first-order chi connectivity index (χ1) is 8.79. The standard InChI is InChI=1S/C15H22NOS/c1-13-3-5-14(6-4-13)7-8-15(18-2)16-9-11-17-12-10-16/h3-6H,7-12H2,1-2H3/q+1. The molecule has 0 N–H and O–H groups in total. The summed E-state index contributed by atoms with van der Waals surface area (Å²) in [5, 5.41) is 1.50. The van der Waals surface area contributed by atoms with Gasteiger partial charge in [0, 0.05) is 6.42 Å². The summed E-state index contributed by atoms with van der Waals surface area (Å²) in [6, 6.07) is 8.88. The van der Waals surface area contributed by atoms with Gasteiger partial charge < -0.3 is 4.74 Å². The summed E-state index contributed by atoms with van der Waals surface area (Å²) in [7, 11) is 0. The molecule has 18 heavy (non-hydrogen) atoms. The highest BCUT2D eigenvalue weighted by molar-refractivity contribution is 8.13. The topological polar surface area (TPSA) is 12.2 Å². The van der Waals surface area contributed by atoms with E-state index in [1.54, 1.807) is 0 Å². The molecule has 1 saturated heterocycles. The van der Waals surface area contributed by atoms with E-state index in [9.17, 15) is 0 Å². The zero-order chi connectivity index (χ0) is 12.8. The number of rotatable bonds is 3. The third-order valence-electron chi connectivity index (χ3n) is 3.35. The molecule has 0 bridgehead atoms. The first-order valence-corrected chi connectivity index (χ1v) is 7.80. The van der Waals surface area contributed by atoms with Gasteiger partial charge in [-0.1, -0.05) is 41.6 Å². The van der Waals surface area contributed by atoms with Gasteiger partial charge in [0.15, 0.2) is 13.1 Å². The van der Waals surface area contributed by atoms with Gasteiger partial charge in [0.2, 0.25) is 5.04 Å². The second-order valence-corrected chi connectivity index (χ2v) is 5.56. The van der Waals surface area contributed by atoms with Gasteiger partial charge in [-0.3, -0.25) is 0 Å². The summed E-state index contributed by atoms with van der Waals surface area (Å²) in [4.78, 5) is 0. The summed E-state index contributed by atoms with van der Waals surface area (Å²) in [5.41, 5.74) is 2.77. The number of aryl methyl sites for hydroxylation is 2. The fourth-order valence-electron chi connectivity index (χ4n) is 2.21. The molecular weight excluding hydrogens is 242 g/mol. The average molecular weight is 264 g/mol. The van der Waals surface area contributed by atoms with Gasteiger partial charge in [-0.15, -0.1) is 0 Å². The smallest absolute Gasteiger partial charge is 0.210 e. The third kappa shape index (κ3) is 3.85. The molecule has 1 heterocycles. The van der Waals surface area contributed by atoms with Gasteiger partial charge in [-0.2, -0.15) is 0 Å². The highest BCUT2D eigenvalue weighted by Crippen LogP contribution is 2.11. The molecule has 0 aromatic heterocycles. The first-order valence-electron chi connectivity index (χ1n) is 6.57. The Hall–Kier alpha value is -0.800. The molecule has 98 valence electrons. The van der Waals surface area contributed by atoms with E-state index >= 15 is 0 Å². The lowest BCUT2D eigenvalue weighted by atomic mass is 10.1. The molecule has 3 heteroatoms. The van der Waals surface area contributed by atoms with Crippen molar-refractivity contribution in [2.75, 3.05) is 32.6 Å². The largest absolute Gasteiger partial charge is 0.368 e. The summed E-state index contributed by atoms with van der Waals surface area (Å²) in [5.74, 6) is 0. The maximum Gasteiger partial charge on any atom is 0.210 e. The van der Waals surface area contributed by atoms with E-state index in [1.165, 1.54) is 16.2 Å². The lowest BCUT2D eigenvalue weighted by Crippen LogP contribution is -2.32. The molecule has 0 saturated carbocycles. The molecule has 1 aliphatic heterocycles. The van der Waals surface area contributed by atoms with Crippen molar-refractivity contribution in [1.29, 1.82) is 0 Å². The fraction of sp³-hybridized carbons (Fsp3) is 0.533. The van der Waals surface area contributed by atoms with E-state index in [4.69, 9.17) is 4.74 Å². The van der Waals surface area contributed by atoms with E-state index in [-0.39, 0.29) is 0 Å². The average Bonchev–Trinajstić information content (AvgIpc) is 2.43. The third-order valence-corrected chi connectivity index (χ3v) is 4.28. The molecular formula is C15H22NOS+. The predicted molar refractivity (Wildman–Crippen MR) is 78.8 cm³/mol. The number of benzene rings is 1. The predicted octanol–water partition coefficient (Wildman–Crippen LogP) is 2.73. The van der Waals surface area contributed by atoms with Gasteiger partial charge in [-0.25, -0.2) is 4.58 Å². The van der Waals surface area contributed by atoms with Crippen LogP contribution < -0.4 is 0 Å². The lowest BCUT2D eigenvalue weighted by Gasteiger charge is -2.14. The van der Waals surface area contributed by atoms with Crippen LogP contribution in [0.3, 0.4) is 0 Å². The number of hydrogen-bond acceptors (Lipinski definition) is 2. The van der Waals surface area contributed by atoms with Crippen molar-refractivity contribution in [3.63, 3.8) is 0 Å². The van der Waals surface area contributed by atoms with E-state index < -0.39 is 0 Å². The van der Waals surface area contributed by atoms with Gasteiger partial charge in [0.05, 0.1) is 0 Å². The van der Waals surface area contributed by atoms with E-state index in [0.29, 0.717) is 0 Å². The summed E-state index contributed by atoms with van der Waals surface area (Å²) in [6.07, 6.45) is 4.46. The minimum atomic E-state index is 0.870. The normalized spacial score (nSPS) is 15.8. The van der Waals surface area contributed by atoms with E-state index in [2.05, 4.69) is 42.0 Å². The molecule has 1 fully saturated rings. The zero-order valence-electron chi connectivity index (χ0n) is 11.3. The van der Waals surface area contributed by atoms with Crippen LogP contribution in [-0.2, 0) is 11.2 Å². The first kappa shape index (κ1) is 13.6. The number of thioether (sulfide) groups is 1. The Morgan fingerprint density at radius 3 is 2.50 bits per heavy atom. The van der Waals surface area contributed by atoms with Gasteiger partial charge in [0.25, 0.3) is 0 Å².